The van der Waals surface area contributed by atoms with Crippen LogP contribution in [0.3, 0.4) is 0 Å². The van der Waals surface area contributed by atoms with Crippen molar-refractivity contribution in [3.8, 4) is 5.75 Å². The van der Waals surface area contributed by atoms with Gasteiger partial charge < -0.3 is 14.4 Å². The molecular weight excluding hydrogens is 308 g/mol. The van der Waals surface area contributed by atoms with E-state index in [1.54, 1.807) is 18.0 Å². The highest BCUT2D eigenvalue weighted by atomic mass is 32.2. The molecule has 0 atom stereocenters. The summed E-state index contributed by atoms with van der Waals surface area (Å²) in [5.74, 6) is 1.87. The molecular formula is C18H20N2O2S. The van der Waals surface area contributed by atoms with Gasteiger partial charge in [0.25, 0.3) is 0 Å². The minimum absolute atomic E-state index is 0.0221. The van der Waals surface area contributed by atoms with Crippen LogP contribution in [0.15, 0.2) is 53.8 Å². The number of benzene rings is 2. The second-order valence-electron chi connectivity index (χ2n) is 5.28. The molecule has 0 spiro atoms. The van der Waals surface area contributed by atoms with Crippen LogP contribution in [-0.2, 0) is 13.7 Å². The largest absolute Gasteiger partial charge is 0.493 e. The number of imidazole rings is 1. The fraction of sp³-hybridized carbons (Fsp3) is 0.278. The van der Waals surface area contributed by atoms with Gasteiger partial charge in [0.2, 0.25) is 0 Å². The summed E-state index contributed by atoms with van der Waals surface area (Å²) in [5, 5.41) is 12.4. The lowest BCUT2D eigenvalue weighted by Crippen LogP contribution is -2.01. The molecule has 0 aliphatic rings. The fourth-order valence-electron chi connectivity index (χ4n) is 2.43. The number of rotatable bonds is 7. The summed E-state index contributed by atoms with van der Waals surface area (Å²) in [6, 6.07) is 14.4. The van der Waals surface area contributed by atoms with Gasteiger partial charge in [0.05, 0.1) is 25.1 Å². The zero-order chi connectivity index (χ0) is 16.1. The summed E-state index contributed by atoms with van der Waals surface area (Å²) in [4.78, 5) is 4.31. The van der Waals surface area contributed by atoms with Crippen LogP contribution >= 0.6 is 11.8 Å². The molecule has 0 bridgehead atoms. The number of hydrogen-bond acceptors (Lipinski definition) is 4. The monoisotopic (exact) mass is 328 g/mol. The Labute approximate surface area is 140 Å². The summed E-state index contributed by atoms with van der Waals surface area (Å²) in [6.45, 7) is 0.701. The van der Waals surface area contributed by atoms with Gasteiger partial charge in [-0.2, -0.15) is 0 Å². The third kappa shape index (κ3) is 3.68. The number of nitrogens with zero attached hydrogens (tertiary/aromatic N) is 2. The number of ether oxygens (including phenoxy) is 1. The van der Waals surface area contributed by atoms with E-state index in [4.69, 9.17) is 9.84 Å². The van der Waals surface area contributed by atoms with Crippen molar-refractivity contribution in [3.63, 3.8) is 0 Å². The second kappa shape index (κ2) is 7.53. The number of thioether (sulfide) groups is 1. The van der Waals surface area contributed by atoms with Crippen molar-refractivity contribution in [1.29, 1.82) is 0 Å². The van der Waals surface area contributed by atoms with Crippen molar-refractivity contribution < 1.29 is 9.84 Å². The van der Waals surface area contributed by atoms with Crippen LogP contribution in [0.1, 0.15) is 12.1 Å². The molecule has 4 nitrogen and oxygen atoms in total. The summed E-state index contributed by atoms with van der Waals surface area (Å²) in [6.07, 6.45) is 2.66. The molecule has 5 heteroatoms. The van der Waals surface area contributed by atoms with Crippen molar-refractivity contribution in [1.82, 2.24) is 9.55 Å². The lowest BCUT2D eigenvalue weighted by Gasteiger charge is -2.09. The number of hydrogen-bond donors (Lipinski definition) is 1. The zero-order valence-electron chi connectivity index (χ0n) is 13.1. The Hall–Kier alpha value is -1.98. The third-order valence-corrected chi connectivity index (χ3v) is 4.86. The van der Waals surface area contributed by atoms with E-state index in [9.17, 15) is 0 Å². The molecule has 0 aliphatic heterocycles. The molecule has 0 radical (unpaired) electrons. The lowest BCUT2D eigenvalue weighted by molar-refractivity contribution is 0.271. The van der Waals surface area contributed by atoms with Crippen molar-refractivity contribution in [2.75, 3.05) is 12.4 Å². The van der Waals surface area contributed by atoms with Gasteiger partial charge in [-0.1, -0.05) is 48.2 Å². The average Bonchev–Trinajstić information content (AvgIpc) is 2.95. The summed E-state index contributed by atoms with van der Waals surface area (Å²) in [7, 11) is 1.92. The van der Waals surface area contributed by atoms with E-state index < -0.39 is 0 Å². The quantitative estimate of drug-likeness (QED) is 0.531. The standard InChI is InChI=1S/C18H20N2O2S/c1-20-15(13-21)12-19-18(20)23-11-5-10-22-17-9-4-7-14-6-2-3-8-16(14)17/h2-4,6-9,12,21H,5,10-11,13H2,1H3. The number of aliphatic hydroxyl groups excluding tert-OH is 1. The van der Waals surface area contributed by atoms with Crippen LogP contribution in [0, 0.1) is 0 Å². The van der Waals surface area contributed by atoms with Crippen molar-refractivity contribution in [2.45, 2.75) is 18.2 Å². The number of fused-ring (bicyclic) bond motifs is 1. The molecule has 0 unspecified atom stereocenters. The highest BCUT2D eigenvalue weighted by Gasteiger charge is 2.06. The van der Waals surface area contributed by atoms with Gasteiger partial charge in [0, 0.05) is 18.2 Å². The first-order chi connectivity index (χ1) is 11.3. The SMILES string of the molecule is Cn1c(CO)cnc1SCCCOc1cccc2ccccc12. The molecule has 0 saturated carbocycles. The topological polar surface area (TPSA) is 47.3 Å². The van der Waals surface area contributed by atoms with E-state index in [0.717, 1.165) is 34.2 Å². The molecule has 1 N–H and O–H groups in total. The first kappa shape index (κ1) is 15.9. The van der Waals surface area contributed by atoms with Gasteiger partial charge in [-0.05, 0) is 17.9 Å². The maximum atomic E-state index is 9.16. The number of aliphatic hydroxyl groups is 1. The molecule has 0 aliphatic carbocycles. The summed E-state index contributed by atoms with van der Waals surface area (Å²) in [5.41, 5.74) is 0.833. The molecule has 1 heterocycles. The first-order valence-corrected chi connectivity index (χ1v) is 8.63. The number of aromatic nitrogens is 2. The minimum Gasteiger partial charge on any atom is -0.493 e. The second-order valence-corrected chi connectivity index (χ2v) is 6.34. The normalized spacial score (nSPS) is 11.0. The van der Waals surface area contributed by atoms with Crippen LogP contribution in [0.2, 0.25) is 0 Å². The Morgan fingerprint density at radius 3 is 2.83 bits per heavy atom. The van der Waals surface area contributed by atoms with E-state index >= 15 is 0 Å². The molecule has 120 valence electrons. The van der Waals surface area contributed by atoms with Crippen LogP contribution < -0.4 is 4.74 Å². The summed E-state index contributed by atoms with van der Waals surface area (Å²) < 4.78 is 7.86. The molecule has 0 amide bonds. The van der Waals surface area contributed by atoms with Crippen LogP contribution in [0.5, 0.6) is 5.75 Å². The van der Waals surface area contributed by atoms with E-state index in [1.165, 1.54) is 5.39 Å². The van der Waals surface area contributed by atoms with Crippen molar-refractivity contribution >= 4 is 22.5 Å². The minimum atomic E-state index is 0.0221. The summed E-state index contributed by atoms with van der Waals surface area (Å²) >= 11 is 1.68. The van der Waals surface area contributed by atoms with Crippen molar-refractivity contribution in [2.24, 2.45) is 7.05 Å². The highest BCUT2D eigenvalue weighted by Crippen LogP contribution is 2.25. The van der Waals surface area contributed by atoms with E-state index in [1.807, 2.05) is 35.9 Å². The smallest absolute Gasteiger partial charge is 0.167 e. The first-order valence-electron chi connectivity index (χ1n) is 7.64. The Balaban J connectivity index is 1.50. The Morgan fingerprint density at radius 2 is 2.00 bits per heavy atom. The Bertz CT molecular complexity index is 780. The van der Waals surface area contributed by atoms with E-state index in [-0.39, 0.29) is 6.61 Å². The lowest BCUT2D eigenvalue weighted by atomic mass is 10.1. The van der Waals surface area contributed by atoms with Gasteiger partial charge in [0.15, 0.2) is 5.16 Å². The van der Waals surface area contributed by atoms with Crippen molar-refractivity contribution in [3.05, 3.63) is 54.4 Å². The predicted octanol–water partition coefficient (Wildman–Crippen LogP) is 3.63. The highest BCUT2D eigenvalue weighted by molar-refractivity contribution is 7.99. The third-order valence-electron chi connectivity index (χ3n) is 3.73. The predicted molar refractivity (Wildman–Crippen MR) is 93.9 cm³/mol. The van der Waals surface area contributed by atoms with Gasteiger partial charge in [-0.15, -0.1) is 0 Å². The average molecular weight is 328 g/mol. The maximum absolute atomic E-state index is 9.16. The molecule has 0 fully saturated rings. The van der Waals surface area contributed by atoms with Crippen LogP contribution in [0.4, 0.5) is 0 Å². The molecule has 3 rings (SSSR count). The van der Waals surface area contributed by atoms with Crippen LogP contribution in [0.25, 0.3) is 10.8 Å². The van der Waals surface area contributed by atoms with Gasteiger partial charge in [-0.3, -0.25) is 0 Å². The van der Waals surface area contributed by atoms with Gasteiger partial charge in [-0.25, -0.2) is 4.98 Å². The van der Waals surface area contributed by atoms with Gasteiger partial charge in [0.1, 0.15) is 5.75 Å². The van der Waals surface area contributed by atoms with Crippen LogP contribution in [-0.4, -0.2) is 27.0 Å². The molecule has 1 aromatic heterocycles. The zero-order valence-corrected chi connectivity index (χ0v) is 13.9. The molecule has 23 heavy (non-hydrogen) atoms. The fourth-order valence-corrected chi connectivity index (χ4v) is 3.32. The van der Waals surface area contributed by atoms with Gasteiger partial charge >= 0.3 is 0 Å². The maximum Gasteiger partial charge on any atom is 0.167 e. The Morgan fingerprint density at radius 1 is 1.17 bits per heavy atom. The molecule has 0 saturated heterocycles. The van der Waals surface area contributed by atoms with E-state index in [2.05, 4.69) is 23.2 Å². The Kier molecular flexibility index (Phi) is 5.20. The molecule has 2 aromatic carbocycles. The molecule has 3 aromatic rings. The van der Waals surface area contributed by atoms with E-state index in [0.29, 0.717) is 6.61 Å².